The number of aliphatic carboxylic acids is 1. The zero-order valence-corrected chi connectivity index (χ0v) is 8.55. The van der Waals surface area contributed by atoms with Crippen LogP contribution in [0.2, 0.25) is 0 Å². The van der Waals surface area contributed by atoms with Gasteiger partial charge < -0.3 is 10.2 Å². The third-order valence-corrected chi connectivity index (χ3v) is 2.47. The van der Waals surface area contributed by atoms with Crippen molar-refractivity contribution >= 4 is 5.97 Å². The van der Waals surface area contributed by atoms with E-state index in [1.807, 2.05) is 6.07 Å². The van der Waals surface area contributed by atoms with Crippen LogP contribution in [0.4, 0.5) is 0 Å². The number of carbonyl (C=O) groups is 1. The van der Waals surface area contributed by atoms with Crippen molar-refractivity contribution in [3.05, 3.63) is 48.6 Å². The van der Waals surface area contributed by atoms with Crippen LogP contribution < -0.4 is 0 Å². The van der Waals surface area contributed by atoms with Gasteiger partial charge in [-0.15, -0.1) is 6.58 Å². The number of hydrogen-bond donors (Lipinski definition) is 2. The lowest BCUT2D eigenvalue weighted by molar-refractivity contribution is -0.148. The Balaban J connectivity index is 3.11. The van der Waals surface area contributed by atoms with Crippen molar-refractivity contribution in [3.8, 4) is 0 Å². The first-order valence-electron chi connectivity index (χ1n) is 4.63. The van der Waals surface area contributed by atoms with Gasteiger partial charge in [0.15, 0.2) is 0 Å². The summed E-state index contributed by atoms with van der Waals surface area (Å²) in [5.74, 6) is -2.10. The van der Waals surface area contributed by atoms with Crippen molar-refractivity contribution in [2.45, 2.75) is 12.5 Å². The van der Waals surface area contributed by atoms with Gasteiger partial charge in [-0.25, -0.2) is 0 Å². The fourth-order valence-corrected chi connectivity index (χ4v) is 1.53. The van der Waals surface area contributed by atoms with Gasteiger partial charge in [0.2, 0.25) is 0 Å². The van der Waals surface area contributed by atoms with E-state index in [0.717, 1.165) is 0 Å². The van der Waals surface area contributed by atoms with Crippen LogP contribution in [-0.2, 0) is 10.4 Å². The molecule has 1 aromatic carbocycles. The molecule has 0 spiro atoms. The summed E-state index contributed by atoms with van der Waals surface area (Å²) in [5, 5.41) is 19.1. The molecule has 0 aliphatic carbocycles. The number of rotatable bonds is 4. The predicted molar refractivity (Wildman–Crippen MR) is 57.3 cm³/mol. The number of carboxylic acids is 1. The lowest BCUT2D eigenvalue weighted by atomic mass is 9.83. The molecule has 0 unspecified atom stereocenters. The summed E-state index contributed by atoms with van der Waals surface area (Å²) < 4.78 is 0. The Labute approximate surface area is 88.7 Å². The molecule has 0 radical (unpaired) electrons. The first kappa shape index (κ1) is 11.5. The van der Waals surface area contributed by atoms with Gasteiger partial charge in [-0.2, -0.15) is 0 Å². The highest BCUT2D eigenvalue weighted by atomic mass is 16.4. The molecule has 2 N–H and O–H groups in total. The quantitative estimate of drug-likeness (QED) is 0.738. The minimum Gasteiger partial charge on any atom is -0.481 e. The van der Waals surface area contributed by atoms with E-state index in [0.29, 0.717) is 5.56 Å². The van der Waals surface area contributed by atoms with Crippen LogP contribution in [0.5, 0.6) is 0 Å². The van der Waals surface area contributed by atoms with Crippen molar-refractivity contribution in [2.75, 3.05) is 0 Å². The fourth-order valence-electron chi connectivity index (χ4n) is 1.53. The molecule has 0 heterocycles. The molecule has 3 nitrogen and oxygen atoms in total. The third kappa shape index (κ3) is 2.25. The Morgan fingerprint density at radius 2 is 2.00 bits per heavy atom. The Morgan fingerprint density at radius 3 is 2.40 bits per heavy atom. The minimum absolute atomic E-state index is 0.567. The molecule has 3 heteroatoms. The highest BCUT2D eigenvalue weighted by Gasteiger charge is 2.36. The standard InChI is InChI=1S/C12H14O3/c1-3-10(11(13)14)12(2,15)9-7-5-4-6-8-9/h3-8,10,15H,1H2,2H3,(H,13,14)/t10-,12-/m0/s1. The number of carboxylic acid groups (broad SMARTS) is 1. The van der Waals surface area contributed by atoms with Crippen LogP contribution in [0.25, 0.3) is 0 Å². The highest BCUT2D eigenvalue weighted by molar-refractivity contribution is 5.74. The molecule has 0 aromatic heterocycles. The van der Waals surface area contributed by atoms with Crippen molar-refractivity contribution < 1.29 is 15.0 Å². The average molecular weight is 206 g/mol. The molecule has 0 amide bonds. The summed E-state index contributed by atoms with van der Waals surface area (Å²) in [4.78, 5) is 10.9. The van der Waals surface area contributed by atoms with Crippen molar-refractivity contribution in [2.24, 2.45) is 5.92 Å². The maximum Gasteiger partial charge on any atom is 0.313 e. The van der Waals surface area contributed by atoms with E-state index in [4.69, 9.17) is 5.11 Å². The molecule has 1 rings (SSSR count). The zero-order valence-electron chi connectivity index (χ0n) is 8.55. The average Bonchev–Trinajstić information content (AvgIpc) is 2.19. The lowest BCUT2D eigenvalue weighted by Gasteiger charge is -2.28. The SMILES string of the molecule is C=C[C@@H](C(=O)O)[C@@](C)(O)c1ccccc1. The number of aliphatic hydroxyl groups is 1. The molecular formula is C12H14O3. The van der Waals surface area contributed by atoms with Crippen LogP contribution >= 0.6 is 0 Å². The maximum atomic E-state index is 10.9. The van der Waals surface area contributed by atoms with E-state index in [1.165, 1.54) is 13.0 Å². The van der Waals surface area contributed by atoms with E-state index in [2.05, 4.69) is 6.58 Å². The monoisotopic (exact) mass is 206 g/mol. The molecule has 0 bridgehead atoms. The van der Waals surface area contributed by atoms with Gasteiger partial charge in [0.05, 0.1) is 0 Å². The van der Waals surface area contributed by atoms with Crippen LogP contribution in [-0.4, -0.2) is 16.2 Å². The molecule has 80 valence electrons. The Bertz CT molecular complexity index is 354. The molecular weight excluding hydrogens is 192 g/mol. The zero-order chi connectivity index (χ0) is 11.5. The van der Waals surface area contributed by atoms with E-state index in [-0.39, 0.29) is 0 Å². The first-order valence-corrected chi connectivity index (χ1v) is 4.63. The smallest absolute Gasteiger partial charge is 0.313 e. The summed E-state index contributed by atoms with van der Waals surface area (Å²) in [6.45, 7) is 4.91. The summed E-state index contributed by atoms with van der Waals surface area (Å²) in [7, 11) is 0. The second kappa shape index (κ2) is 4.28. The van der Waals surface area contributed by atoms with E-state index >= 15 is 0 Å². The van der Waals surface area contributed by atoms with E-state index in [9.17, 15) is 9.90 Å². The summed E-state index contributed by atoms with van der Waals surface area (Å²) >= 11 is 0. The van der Waals surface area contributed by atoms with Gasteiger partial charge in [-0.05, 0) is 12.5 Å². The van der Waals surface area contributed by atoms with Gasteiger partial charge in [0.1, 0.15) is 11.5 Å². The van der Waals surface area contributed by atoms with Crippen LogP contribution in [0.15, 0.2) is 43.0 Å². The largest absolute Gasteiger partial charge is 0.481 e. The van der Waals surface area contributed by atoms with Gasteiger partial charge in [-0.3, -0.25) is 4.79 Å². The fraction of sp³-hybridized carbons (Fsp3) is 0.250. The van der Waals surface area contributed by atoms with Crippen molar-refractivity contribution in [3.63, 3.8) is 0 Å². The Kier molecular flexibility index (Phi) is 3.27. The van der Waals surface area contributed by atoms with Gasteiger partial charge in [0.25, 0.3) is 0 Å². The van der Waals surface area contributed by atoms with E-state index in [1.54, 1.807) is 24.3 Å². The minimum atomic E-state index is -1.44. The normalized spacial score (nSPS) is 16.4. The van der Waals surface area contributed by atoms with Gasteiger partial charge in [0, 0.05) is 0 Å². The molecule has 2 atom stereocenters. The van der Waals surface area contributed by atoms with Crippen molar-refractivity contribution in [1.82, 2.24) is 0 Å². The second-order valence-corrected chi connectivity index (χ2v) is 3.57. The third-order valence-electron chi connectivity index (χ3n) is 2.47. The van der Waals surface area contributed by atoms with Crippen molar-refractivity contribution in [1.29, 1.82) is 0 Å². The predicted octanol–water partition coefficient (Wildman–Crippen LogP) is 1.78. The van der Waals surface area contributed by atoms with Gasteiger partial charge >= 0.3 is 5.97 Å². The molecule has 0 saturated carbocycles. The number of benzene rings is 1. The van der Waals surface area contributed by atoms with Crippen LogP contribution in [0.3, 0.4) is 0 Å². The van der Waals surface area contributed by atoms with Crippen LogP contribution in [0, 0.1) is 5.92 Å². The van der Waals surface area contributed by atoms with E-state index < -0.39 is 17.5 Å². The summed E-state index contributed by atoms with van der Waals surface area (Å²) in [6, 6.07) is 8.71. The van der Waals surface area contributed by atoms with Gasteiger partial charge in [-0.1, -0.05) is 36.4 Å². The molecule has 0 aliphatic rings. The summed E-state index contributed by atoms with van der Waals surface area (Å²) in [6.07, 6.45) is 1.25. The second-order valence-electron chi connectivity index (χ2n) is 3.57. The summed E-state index contributed by atoms with van der Waals surface area (Å²) in [5.41, 5.74) is -0.869. The molecule has 0 saturated heterocycles. The Morgan fingerprint density at radius 1 is 1.47 bits per heavy atom. The Hall–Kier alpha value is -1.61. The molecule has 0 fully saturated rings. The first-order chi connectivity index (χ1) is 7.00. The van der Waals surface area contributed by atoms with Crippen LogP contribution in [0.1, 0.15) is 12.5 Å². The highest BCUT2D eigenvalue weighted by Crippen LogP contribution is 2.30. The molecule has 1 aromatic rings. The lowest BCUT2D eigenvalue weighted by Crippen LogP contribution is -2.35. The maximum absolute atomic E-state index is 10.9. The number of hydrogen-bond acceptors (Lipinski definition) is 2. The molecule has 0 aliphatic heterocycles. The topological polar surface area (TPSA) is 57.5 Å². The molecule has 15 heavy (non-hydrogen) atoms.